The van der Waals surface area contributed by atoms with Crippen molar-refractivity contribution in [1.29, 1.82) is 0 Å². The first kappa shape index (κ1) is 21.0. The van der Waals surface area contributed by atoms with Gasteiger partial charge in [-0.2, -0.15) is 0 Å². The molecule has 0 spiro atoms. The maximum Gasteiger partial charge on any atom is 0.263 e. The van der Waals surface area contributed by atoms with E-state index in [1.807, 2.05) is 54.6 Å². The molecule has 3 aromatic rings. The van der Waals surface area contributed by atoms with E-state index >= 15 is 0 Å². The summed E-state index contributed by atoms with van der Waals surface area (Å²) in [4.78, 5) is 36.9. The predicted molar refractivity (Wildman–Crippen MR) is 130 cm³/mol. The highest BCUT2D eigenvalue weighted by atomic mass is 32.2. The molecule has 1 unspecified atom stereocenters. The topological polar surface area (TPSA) is 83.4 Å². The van der Waals surface area contributed by atoms with Crippen LogP contribution >= 0.6 is 11.8 Å². The molecule has 0 aromatic heterocycles. The minimum absolute atomic E-state index is 0.0973. The van der Waals surface area contributed by atoms with Gasteiger partial charge in [0.15, 0.2) is 11.2 Å². The van der Waals surface area contributed by atoms with E-state index in [0.717, 1.165) is 16.8 Å². The van der Waals surface area contributed by atoms with Crippen LogP contribution in [-0.4, -0.2) is 40.6 Å². The number of rotatable bonds is 5. The minimum atomic E-state index is -0.633. The summed E-state index contributed by atoms with van der Waals surface area (Å²) < 4.78 is 5.14. The van der Waals surface area contributed by atoms with Crippen molar-refractivity contribution in [3.05, 3.63) is 90.0 Å². The van der Waals surface area contributed by atoms with Crippen LogP contribution in [0.1, 0.15) is 17.2 Å². The molecule has 5 rings (SSSR count). The highest BCUT2D eigenvalue weighted by Gasteiger charge is 2.42. The number of amidine groups is 2. The Morgan fingerprint density at radius 1 is 1.03 bits per heavy atom. The van der Waals surface area contributed by atoms with E-state index in [9.17, 15) is 9.59 Å². The highest BCUT2D eigenvalue weighted by Crippen LogP contribution is 2.37. The second kappa shape index (κ2) is 8.91. The van der Waals surface area contributed by atoms with Crippen LogP contribution in [0.25, 0.3) is 0 Å². The van der Waals surface area contributed by atoms with Crippen LogP contribution in [0, 0.1) is 0 Å². The Hall–Kier alpha value is -3.91. The van der Waals surface area contributed by atoms with Crippen molar-refractivity contribution < 1.29 is 14.3 Å². The number of carbonyl (C=O) groups excluding carboxylic acids is 2. The number of benzene rings is 3. The van der Waals surface area contributed by atoms with Crippen molar-refractivity contribution in [2.45, 2.75) is 6.04 Å². The Kier molecular flexibility index (Phi) is 5.66. The summed E-state index contributed by atoms with van der Waals surface area (Å²) in [6.45, 7) is 0. The van der Waals surface area contributed by atoms with E-state index < -0.39 is 6.04 Å². The number of fused-ring (bicyclic) bond motifs is 3. The highest BCUT2D eigenvalue weighted by molar-refractivity contribution is 8.14. The second-order valence-corrected chi connectivity index (χ2v) is 8.36. The number of nitrogens with one attached hydrogen (secondary N) is 1. The molecule has 0 radical (unpaired) electrons. The lowest BCUT2D eigenvalue weighted by Crippen LogP contribution is -2.40. The second-order valence-electron chi connectivity index (χ2n) is 7.42. The zero-order valence-corrected chi connectivity index (χ0v) is 18.6. The third-order valence-electron chi connectivity index (χ3n) is 5.29. The molecule has 0 fully saturated rings. The number of carbonyl (C=O) groups is 2. The summed E-state index contributed by atoms with van der Waals surface area (Å²) in [6, 6.07) is 23.5. The van der Waals surface area contributed by atoms with E-state index in [1.165, 1.54) is 16.7 Å². The van der Waals surface area contributed by atoms with Gasteiger partial charge >= 0.3 is 0 Å². The number of methoxy groups -OCH3 is 1. The van der Waals surface area contributed by atoms with Gasteiger partial charge < -0.3 is 10.1 Å². The largest absolute Gasteiger partial charge is 0.497 e. The molecule has 2 aliphatic rings. The summed E-state index contributed by atoms with van der Waals surface area (Å²) in [5.41, 5.74) is 3.02. The fourth-order valence-electron chi connectivity index (χ4n) is 3.70. The number of amides is 2. The number of ether oxygens (including phenoxy) is 1. The van der Waals surface area contributed by atoms with E-state index in [1.54, 1.807) is 31.4 Å². The number of hydrogen-bond donors (Lipinski definition) is 1. The molecular weight excluding hydrogens is 436 g/mol. The van der Waals surface area contributed by atoms with Crippen molar-refractivity contribution in [3.8, 4) is 5.75 Å². The first-order valence-electron chi connectivity index (χ1n) is 10.4. The number of nitrogens with zero attached hydrogens (tertiary/aromatic N) is 3. The van der Waals surface area contributed by atoms with E-state index in [-0.39, 0.29) is 17.6 Å². The van der Waals surface area contributed by atoms with Crippen molar-refractivity contribution in [2.75, 3.05) is 18.2 Å². The van der Waals surface area contributed by atoms with Crippen LogP contribution in [0.15, 0.2) is 88.8 Å². The Balaban J connectivity index is 1.37. The summed E-state index contributed by atoms with van der Waals surface area (Å²) >= 11 is 1.21. The Labute approximate surface area is 195 Å². The predicted octanol–water partition coefficient (Wildman–Crippen LogP) is 4.40. The zero-order valence-electron chi connectivity index (χ0n) is 17.8. The van der Waals surface area contributed by atoms with Gasteiger partial charge in [0.05, 0.1) is 18.6 Å². The molecule has 1 atom stereocenters. The normalized spacial score (nSPS) is 16.5. The van der Waals surface area contributed by atoms with Crippen molar-refractivity contribution in [2.24, 2.45) is 9.98 Å². The third-order valence-corrected chi connectivity index (χ3v) is 6.23. The first-order chi connectivity index (χ1) is 16.1. The van der Waals surface area contributed by atoms with Crippen LogP contribution in [0.3, 0.4) is 0 Å². The van der Waals surface area contributed by atoms with Crippen molar-refractivity contribution in [3.63, 3.8) is 0 Å². The molecular formula is C25H20N4O3S. The summed E-state index contributed by atoms with van der Waals surface area (Å²) in [5, 5.41) is 3.30. The van der Waals surface area contributed by atoms with Crippen LogP contribution < -0.4 is 10.1 Å². The smallest absolute Gasteiger partial charge is 0.263 e. The molecule has 0 aliphatic carbocycles. The van der Waals surface area contributed by atoms with Crippen LogP contribution in [0.4, 0.5) is 11.4 Å². The first-order valence-corrected chi connectivity index (χ1v) is 11.3. The van der Waals surface area contributed by atoms with Gasteiger partial charge in [-0.05, 0) is 42.0 Å². The lowest BCUT2D eigenvalue weighted by Gasteiger charge is -2.25. The molecule has 0 saturated heterocycles. The molecule has 1 N–H and O–H groups in total. The molecule has 2 heterocycles. The summed E-state index contributed by atoms with van der Waals surface area (Å²) in [5.74, 6) is 1.01. The van der Waals surface area contributed by atoms with E-state index in [0.29, 0.717) is 22.4 Å². The van der Waals surface area contributed by atoms with Crippen LogP contribution in [-0.2, 0) is 9.59 Å². The molecule has 8 heteroatoms. The minimum Gasteiger partial charge on any atom is -0.497 e. The maximum absolute atomic E-state index is 13.4. The monoisotopic (exact) mass is 456 g/mol. The summed E-state index contributed by atoms with van der Waals surface area (Å²) in [7, 11) is 1.59. The molecule has 2 aliphatic heterocycles. The van der Waals surface area contributed by atoms with Gasteiger partial charge in [-0.25, -0.2) is 14.9 Å². The molecule has 0 bridgehead atoms. The number of anilines is 1. The lowest BCUT2D eigenvalue weighted by molar-refractivity contribution is -0.124. The summed E-state index contributed by atoms with van der Waals surface area (Å²) in [6.07, 6.45) is 0. The van der Waals surface area contributed by atoms with Gasteiger partial charge in [0.1, 0.15) is 11.6 Å². The standard InChI is InChI=1S/C25H20N4O3S/c1-32-18-13-11-17(12-14-18)26-21(30)15-33-25-27-20-10-6-5-9-19(20)23-28-22(24(31)29(23)25)16-7-3-2-4-8-16/h2-14,22H,15H2,1H3,(H,26,30). The number of para-hydroxylation sites is 1. The molecule has 0 saturated carbocycles. The fourth-order valence-corrected chi connectivity index (χ4v) is 4.50. The number of thioether (sulfide) groups is 1. The van der Waals surface area contributed by atoms with Crippen molar-refractivity contribution >= 4 is 46.0 Å². The van der Waals surface area contributed by atoms with Crippen LogP contribution in [0.5, 0.6) is 5.75 Å². The third kappa shape index (κ3) is 4.12. The number of hydrogen-bond acceptors (Lipinski definition) is 6. The van der Waals surface area contributed by atoms with Crippen LogP contribution in [0.2, 0.25) is 0 Å². The van der Waals surface area contributed by atoms with Gasteiger partial charge in [0.25, 0.3) is 5.91 Å². The zero-order chi connectivity index (χ0) is 22.8. The molecule has 33 heavy (non-hydrogen) atoms. The van der Waals surface area contributed by atoms with E-state index in [2.05, 4.69) is 10.3 Å². The van der Waals surface area contributed by atoms with Gasteiger partial charge in [0.2, 0.25) is 5.91 Å². The van der Waals surface area contributed by atoms with Gasteiger partial charge in [-0.15, -0.1) is 0 Å². The van der Waals surface area contributed by atoms with Crippen molar-refractivity contribution in [1.82, 2.24) is 4.90 Å². The van der Waals surface area contributed by atoms with Gasteiger partial charge in [0, 0.05) is 11.3 Å². The van der Waals surface area contributed by atoms with Gasteiger partial charge in [-0.1, -0.05) is 54.2 Å². The molecule has 164 valence electrons. The average Bonchev–Trinajstić information content (AvgIpc) is 3.21. The SMILES string of the molecule is COc1ccc(NC(=O)CSC2=Nc3ccccc3C3=NC(c4ccccc4)C(=O)N23)cc1. The quantitative estimate of drug-likeness (QED) is 0.617. The Bertz CT molecular complexity index is 1270. The maximum atomic E-state index is 13.4. The Morgan fingerprint density at radius 2 is 1.76 bits per heavy atom. The fraction of sp³-hybridized carbons (Fsp3) is 0.120. The molecule has 3 aromatic carbocycles. The Morgan fingerprint density at radius 3 is 2.52 bits per heavy atom. The number of aliphatic imine (C=N–C) groups is 2. The van der Waals surface area contributed by atoms with E-state index in [4.69, 9.17) is 9.73 Å². The lowest BCUT2D eigenvalue weighted by atomic mass is 10.1. The molecule has 2 amide bonds. The average molecular weight is 457 g/mol. The van der Waals surface area contributed by atoms with Gasteiger partial charge in [-0.3, -0.25) is 9.59 Å². The molecule has 7 nitrogen and oxygen atoms in total.